The van der Waals surface area contributed by atoms with Crippen molar-refractivity contribution >= 4 is 17.6 Å². The van der Waals surface area contributed by atoms with Crippen molar-refractivity contribution in [2.24, 2.45) is 5.92 Å². The number of hydrogen-bond donors (Lipinski definition) is 1. The fourth-order valence-electron chi connectivity index (χ4n) is 3.92. The number of nitrogens with one attached hydrogen (secondary N) is 1. The largest absolute Gasteiger partial charge is 0.335 e. The van der Waals surface area contributed by atoms with Crippen LogP contribution >= 0.6 is 11.6 Å². The summed E-state index contributed by atoms with van der Waals surface area (Å²) >= 11 is 6.09. The standard InChI is InChI=1S/C14H23ClN2O/c1-9-6-12-8-13(7-9)17(12)14(18)16-11-4-2-10(15)3-5-11/h9-13H,2-8H2,1H3,(H,16,18). The molecule has 1 N–H and O–H groups in total. The molecule has 2 heterocycles. The van der Waals surface area contributed by atoms with E-state index >= 15 is 0 Å². The Labute approximate surface area is 114 Å². The van der Waals surface area contributed by atoms with E-state index in [1.807, 2.05) is 0 Å². The number of amides is 2. The number of carbonyl (C=O) groups is 1. The number of rotatable bonds is 1. The third-order valence-corrected chi connectivity index (χ3v) is 5.34. The fraction of sp³-hybridized carbons (Fsp3) is 0.929. The van der Waals surface area contributed by atoms with E-state index in [1.54, 1.807) is 0 Å². The van der Waals surface area contributed by atoms with Gasteiger partial charge in [0.05, 0.1) is 0 Å². The molecule has 2 saturated heterocycles. The summed E-state index contributed by atoms with van der Waals surface area (Å²) in [5, 5.41) is 3.53. The molecule has 4 aliphatic rings. The van der Waals surface area contributed by atoms with Crippen LogP contribution < -0.4 is 5.32 Å². The first-order valence-electron chi connectivity index (χ1n) is 7.36. The van der Waals surface area contributed by atoms with E-state index in [2.05, 4.69) is 17.1 Å². The Morgan fingerprint density at radius 2 is 1.72 bits per heavy atom. The lowest BCUT2D eigenvalue weighted by Gasteiger charge is -2.55. The lowest BCUT2D eigenvalue weighted by atomic mass is 9.74. The van der Waals surface area contributed by atoms with E-state index in [-0.39, 0.29) is 6.03 Å². The summed E-state index contributed by atoms with van der Waals surface area (Å²) in [7, 11) is 0. The van der Waals surface area contributed by atoms with Crippen molar-refractivity contribution in [1.29, 1.82) is 0 Å². The second-order valence-electron chi connectivity index (χ2n) is 6.43. The molecule has 2 aliphatic carbocycles. The Hall–Kier alpha value is -0.440. The van der Waals surface area contributed by atoms with Gasteiger partial charge in [-0.1, -0.05) is 6.92 Å². The summed E-state index contributed by atoms with van der Waals surface area (Å²) in [5.74, 6) is 0.796. The first-order chi connectivity index (χ1) is 8.63. The topological polar surface area (TPSA) is 32.3 Å². The maximum atomic E-state index is 12.3. The average Bonchev–Trinajstić information content (AvgIpc) is 2.31. The van der Waals surface area contributed by atoms with Crippen molar-refractivity contribution < 1.29 is 4.79 Å². The van der Waals surface area contributed by atoms with Gasteiger partial charge in [0.2, 0.25) is 0 Å². The van der Waals surface area contributed by atoms with Crippen molar-refractivity contribution in [3.63, 3.8) is 0 Å². The van der Waals surface area contributed by atoms with Gasteiger partial charge in [0, 0.05) is 23.5 Å². The van der Waals surface area contributed by atoms with E-state index in [9.17, 15) is 4.79 Å². The monoisotopic (exact) mass is 270 g/mol. The van der Waals surface area contributed by atoms with Gasteiger partial charge in [-0.2, -0.15) is 0 Å². The zero-order valence-electron chi connectivity index (χ0n) is 11.1. The maximum absolute atomic E-state index is 12.3. The highest BCUT2D eigenvalue weighted by atomic mass is 35.5. The van der Waals surface area contributed by atoms with Gasteiger partial charge in [-0.3, -0.25) is 0 Å². The molecule has 2 unspecified atom stereocenters. The summed E-state index contributed by atoms with van der Waals surface area (Å²) in [5.41, 5.74) is 0. The Morgan fingerprint density at radius 1 is 1.11 bits per heavy atom. The van der Waals surface area contributed by atoms with E-state index in [0.29, 0.717) is 23.5 Å². The molecule has 0 radical (unpaired) electrons. The fourth-order valence-corrected chi connectivity index (χ4v) is 4.18. The molecule has 0 aromatic carbocycles. The third kappa shape index (κ3) is 2.34. The van der Waals surface area contributed by atoms with Crippen LogP contribution in [-0.2, 0) is 0 Å². The molecule has 0 aromatic heterocycles. The maximum Gasteiger partial charge on any atom is 0.318 e. The summed E-state index contributed by atoms with van der Waals surface area (Å²) in [6.45, 7) is 2.30. The van der Waals surface area contributed by atoms with Gasteiger partial charge >= 0.3 is 6.03 Å². The first-order valence-corrected chi connectivity index (χ1v) is 7.80. The van der Waals surface area contributed by atoms with Crippen LogP contribution in [0.3, 0.4) is 0 Å². The van der Waals surface area contributed by atoms with Crippen LogP contribution in [0.4, 0.5) is 4.79 Å². The number of fused-ring (bicyclic) bond motifs is 2. The van der Waals surface area contributed by atoms with Gasteiger partial charge in [0.15, 0.2) is 0 Å². The van der Waals surface area contributed by atoms with Crippen LogP contribution in [0.15, 0.2) is 0 Å². The van der Waals surface area contributed by atoms with Crippen LogP contribution in [0.5, 0.6) is 0 Å². The molecule has 2 saturated carbocycles. The van der Waals surface area contributed by atoms with E-state index < -0.39 is 0 Å². The molecule has 4 fully saturated rings. The second-order valence-corrected chi connectivity index (χ2v) is 7.04. The molecule has 18 heavy (non-hydrogen) atoms. The predicted molar refractivity (Wildman–Crippen MR) is 72.9 cm³/mol. The van der Waals surface area contributed by atoms with Crippen molar-refractivity contribution in [1.82, 2.24) is 10.2 Å². The Balaban J connectivity index is 1.50. The molecule has 2 amide bonds. The summed E-state index contributed by atoms with van der Waals surface area (Å²) in [6.07, 6.45) is 7.77. The smallest absolute Gasteiger partial charge is 0.318 e. The zero-order valence-corrected chi connectivity index (χ0v) is 11.8. The molecule has 4 rings (SSSR count). The number of carbonyl (C=O) groups excluding carboxylic acids is 1. The molecular weight excluding hydrogens is 248 g/mol. The van der Waals surface area contributed by atoms with Crippen LogP contribution in [0.2, 0.25) is 0 Å². The Kier molecular flexibility index (Phi) is 3.44. The van der Waals surface area contributed by atoms with Gasteiger partial charge in [-0.05, 0) is 50.9 Å². The summed E-state index contributed by atoms with van der Waals surface area (Å²) in [6, 6.07) is 1.57. The van der Waals surface area contributed by atoms with E-state index in [0.717, 1.165) is 31.6 Å². The minimum Gasteiger partial charge on any atom is -0.335 e. The number of hydrogen-bond acceptors (Lipinski definition) is 1. The molecule has 4 heteroatoms. The van der Waals surface area contributed by atoms with Crippen molar-refractivity contribution in [3.8, 4) is 0 Å². The third-order valence-electron chi connectivity index (χ3n) is 4.90. The molecule has 102 valence electrons. The van der Waals surface area contributed by atoms with Gasteiger partial charge in [0.1, 0.15) is 0 Å². The Morgan fingerprint density at radius 3 is 2.33 bits per heavy atom. The second kappa shape index (κ2) is 4.92. The van der Waals surface area contributed by atoms with E-state index in [1.165, 1.54) is 19.3 Å². The molecule has 2 aliphatic heterocycles. The number of nitrogens with zero attached hydrogens (tertiary/aromatic N) is 1. The number of urea groups is 1. The SMILES string of the molecule is CC1CC2CC(C1)N2C(=O)NC1CCC(Cl)CC1. The van der Waals surface area contributed by atoms with E-state index in [4.69, 9.17) is 11.6 Å². The van der Waals surface area contributed by atoms with Gasteiger partial charge in [-0.15, -0.1) is 11.6 Å². The van der Waals surface area contributed by atoms with Gasteiger partial charge < -0.3 is 10.2 Å². The quantitative estimate of drug-likeness (QED) is 0.730. The van der Waals surface area contributed by atoms with Crippen molar-refractivity contribution in [2.45, 2.75) is 75.4 Å². The zero-order chi connectivity index (χ0) is 12.7. The highest BCUT2D eigenvalue weighted by molar-refractivity contribution is 6.20. The van der Waals surface area contributed by atoms with Crippen LogP contribution in [0.25, 0.3) is 0 Å². The molecule has 0 aromatic rings. The molecule has 0 spiro atoms. The van der Waals surface area contributed by atoms with Crippen molar-refractivity contribution in [2.75, 3.05) is 0 Å². The number of halogens is 1. The van der Waals surface area contributed by atoms with Crippen LogP contribution in [0.1, 0.15) is 51.9 Å². The molecular formula is C14H23ClN2O. The Bertz CT molecular complexity index is 316. The minimum atomic E-state index is 0.182. The number of alkyl halides is 1. The van der Waals surface area contributed by atoms with Crippen LogP contribution in [0, 0.1) is 5.92 Å². The lowest BCUT2D eigenvalue weighted by Crippen LogP contribution is -2.65. The average molecular weight is 271 g/mol. The van der Waals surface area contributed by atoms with Crippen LogP contribution in [-0.4, -0.2) is 34.4 Å². The normalized spacial score (nSPS) is 43.2. The number of piperidine rings is 1. The highest BCUT2D eigenvalue weighted by Crippen LogP contribution is 2.41. The molecule has 2 atom stereocenters. The lowest BCUT2D eigenvalue weighted by molar-refractivity contribution is -0.0124. The minimum absolute atomic E-state index is 0.182. The summed E-state index contributed by atoms with van der Waals surface area (Å²) in [4.78, 5) is 14.4. The first kappa shape index (κ1) is 12.6. The molecule has 3 nitrogen and oxygen atoms in total. The highest BCUT2D eigenvalue weighted by Gasteiger charge is 2.46. The van der Waals surface area contributed by atoms with Gasteiger partial charge in [0.25, 0.3) is 0 Å². The molecule has 2 bridgehead atoms. The van der Waals surface area contributed by atoms with Gasteiger partial charge in [-0.25, -0.2) is 4.79 Å². The predicted octanol–water partition coefficient (Wildman–Crippen LogP) is 3.12. The van der Waals surface area contributed by atoms with Crippen molar-refractivity contribution in [3.05, 3.63) is 0 Å². The summed E-state index contributed by atoms with van der Waals surface area (Å²) < 4.78 is 0.